The smallest absolute Gasteiger partial charge is 0.260 e. The lowest BCUT2D eigenvalue weighted by Gasteiger charge is -2.12. The summed E-state index contributed by atoms with van der Waals surface area (Å²) in [4.78, 5) is 14.2. The third-order valence-corrected chi connectivity index (χ3v) is 10.0. The van der Waals surface area contributed by atoms with Gasteiger partial charge in [0, 0.05) is 31.2 Å². The Labute approximate surface area is 280 Å². The van der Waals surface area contributed by atoms with Crippen LogP contribution in [0.3, 0.4) is 0 Å². The molecule has 0 radical (unpaired) electrons. The van der Waals surface area contributed by atoms with E-state index in [4.69, 9.17) is 39.9 Å². The molecule has 7 rings (SSSR count). The summed E-state index contributed by atoms with van der Waals surface area (Å²) in [6, 6.07) is 30.0. The molecular weight excluding hydrogens is 701 g/mol. The van der Waals surface area contributed by atoms with E-state index in [0.29, 0.717) is 48.4 Å². The van der Waals surface area contributed by atoms with Crippen LogP contribution >= 0.6 is 62.1 Å². The van der Waals surface area contributed by atoms with Crippen LogP contribution in [0.1, 0.15) is 33.8 Å². The van der Waals surface area contributed by atoms with Gasteiger partial charge in [0.25, 0.3) is 5.91 Å². The number of halogens is 4. The molecule has 2 heterocycles. The first-order valence-electron chi connectivity index (χ1n) is 13.6. The van der Waals surface area contributed by atoms with E-state index in [0.717, 1.165) is 33.4 Å². The number of hydrogen-bond donors (Lipinski definition) is 1. The van der Waals surface area contributed by atoms with Crippen LogP contribution in [0.4, 0.5) is 5.69 Å². The molecule has 0 saturated heterocycles. The topological polar surface area (TPSA) is 72.7 Å². The maximum absolute atomic E-state index is 14.2. The third kappa shape index (κ3) is 5.46. The minimum Gasteiger partial charge on any atom is -0.322 e. The van der Waals surface area contributed by atoms with Crippen molar-refractivity contribution >= 4 is 73.7 Å². The van der Waals surface area contributed by atoms with E-state index in [1.165, 1.54) is 11.3 Å². The Bertz CT molecular complexity index is 2010. The zero-order valence-corrected chi connectivity index (χ0v) is 27.4. The Balaban J connectivity index is 1.43. The summed E-state index contributed by atoms with van der Waals surface area (Å²) < 4.78 is 2.59. The van der Waals surface area contributed by atoms with Crippen LogP contribution in [0.2, 0.25) is 15.1 Å². The minimum absolute atomic E-state index is 0.233. The van der Waals surface area contributed by atoms with Gasteiger partial charge in [-0.05, 0) is 73.0 Å². The molecule has 218 valence electrons. The SMILES string of the molecule is O=C(Nc1ccccc1)c1c(-c2nnc(C3(c4ccc(Cl)cc4)CC3)s2)nn(-c2ccc(Cl)cc2Cl)c1-c1ccc(Br)cc1. The highest BCUT2D eigenvalue weighted by Crippen LogP contribution is 2.55. The highest BCUT2D eigenvalue weighted by molar-refractivity contribution is 9.10. The van der Waals surface area contributed by atoms with Gasteiger partial charge in [0.2, 0.25) is 0 Å². The van der Waals surface area contributed by atoms with Gasteiger partial charge in [-0.15, -0.1) is 10.2 Å². The van der Waals surface area contributed by atoms with Crippen molar-refractivity contribution in [1.82, 2.24) is 20.0 Å². The van der Waals surface area contributed by atoms with E-state index in [2.05, 4.69) is 31.4 Å². The van der Waals surface area contributed by atoms with E-state index in [1.807, 2.05) is 78.9 Å². The van der Waals surface area contributed by atoms with Crippen LogP contribution in [0.25, 0.3) is 27.6 Å². The van der Waals surface area contributed by atoms with Crippen LogP contribution in [0.15, 0.2) is 102 Å². The van der Waals surface area contributed by atoms with E-state index >= 15 is 0 Å². The van der Waals surface area contributed by atoms with Gasteiger partial charge < -0.3 is 5.32 Å². The molecule has 1 saturated carbocycles. The number of anilines is 1. The summed E-state index contributed by atoms with van der Waals surface area (Å²) in [5, 5.41) is 20.3. The van der Waals surface area contributed by atoms with E-state index in [9.17, 15) is 4.79 Å². The summed E-state index contributed by atoms with van der Waals surface area (Å²) in [6.45, 7) is 0. The zero-order valence-electron chi connectivity index (χ0n) is 22.8. The molecule has 6 nitrogen and oxygen atoms in total. The van der Waals surface area contributed by atoms with Crippen LogP contribution < -0.4 is 5.32 Å². The average Bonchev–Trinajstić information content (AvgIpc) is 3.50. The minimum atomic E-state index is -0.337. The lowest BCUT2D eigenvalue weighted by atomic mass is 9.97. The van der Waals surface area contributed by atoms with Crippen molar-refractivity contribution in [1.29, 1.82) is 0 Å². The summed E-state index contributed by atoms with van der Waals surface area (Å²) in [5.41, 5.74) is 4.20. The van der Waals surface area contributed by atoms with Gasteiger partial charge in [-0.2, -0.15) is 5.10 Å². The average molecular weight is 722 g/mol. The van der Waals surface area contributed by atoms with E-state index in [1.54, 1.807) is 22.9 Å². The summed E-state index contributed by atoms with van der Waals surface area (Å²) in [7, 11) is 0. The first-order chi connectivity index (χ1) is 21.3. The normalized spacial score (nSPS) is 13.5. The second-order valence-electron chi connectivity index (χ2n) is 10.4. The lowest BCUT2D eigenvalue weighted by Crippen LogP contribution is -2.14. The van der Waals surface area contributed by atoms with Crippen LogP contribution in [-0.4, -0.2) is 25.9 Å². The fourth-order valence-electron chi connectivity index (χ4n) is 5.23. The molecule has 0 spiro atoms. The van der Waals surface area contributed by atoms with Crippen LogP contribution in [0.5, 0.6) is 0 Å². The Hall–Kier alpha value is -3.53. The number of rotatable bonds is 7. The molecule has 11 heteroatoms. The highest BCUT2D eigenvalue weighted by atomic mass is 79.9. The standard InChI is InChI=1S/C33H21BrCl3N5OS/c34-21-10-6-19(7-11-21)29-27(30(43)38-24-4-2-1-3-5-24)28(41-42(29)26-15-14-23(36)18-25(26)37)31-39-40-32(44-31)33(16-17-33)20-8-12-22(35)13-9-20/h1-15,18H,16-17H2,(H,38,43). The fourth-order valence-corrected chi connectivity index (χ4v) is 7.21. The maximum atomic E-state index is 14.2. The monoisotopic (exact) mass is 719 g/mol. The number of nitrogens with one attached hydrogen (secondary N) is 1. The molecule has 0 bridgehead atoms. The first kappa shape index (κ1) is 29.2. The van der Waals surface area contributed by atoms with Gasteiger partial charge in [-0.1, -0.05) is 105 Å². The van der Waals surface area contributed by atoms with Gasteiger partial charge in [0.15, 0.2) is 5.01 Å². The van der Waals surface area contributed by atoms with Gasteiger partial charge in [0.05, 0.1) is 22.0 Å². The lowest BCUT2D eigenvalue weighted by molar-refractivity contribution is 0.102. The van der Waals surface area contributed by atoms with Gasteiger partial charge in [-0.25, -0.2) is 4.68 Å². The Morgan fingerprint density at radius 3 is 2.25 bits per heavy atom. The van der Waals surface area contributed by atoms with Crippen LogP contribution in [0, 0.1) is 0 Å². The summed E-state index contributed by atoms with van der Waals surface area (Å²) >= 11 is 24.1. The molecule has 0 unspecified atom stereocenters. The maximum Gasteiger partial charge on any atom is 0.260 e. The Kier molecular flexibility index (Phi) is 7.80. The first-order valence-corrected chi connectivity index (χ1v) is 16.4. The van der Waals surface area contributed by atoms with Crippen molar-refractivity contribution in [3.63, 3.8) is 0 Å². The highest BCUT2D eigenvalue weighted by Gasteiger charge is 2.49. The van der Waals surface area contributed by atoms with Crippen molar-refractivity contribution in [2.24, 2.45) is 0 Å². The molecule has 1 aliphatic rings. The number of hydrogen-bond acceptors (Lipinski definition) is 5. The quantitative estimate of drug-likeness (QED) is 0.178. The number of para-hydroxylation sites is 1. The number of amides is 1. The summed E-state index contributed by atoms with van der Waals surface area (Å²) in [5.74, 6) is -0.337. The van der Waals surface area contributed by atoms with Gasteiger partial charge in [-0.3, -0.25) is 4.79 Å². The predicted molar refractivity (Wildman–Crippen MR) is 181 cm³/mol. The second-order valence-corrected chi connectivity index (χ2v) is 13.6. The molecule has 4 aromatic carbocycles. The number of nitrogens with zero attached hydrogens (tertiary/aromatic N) is 4. The van der Waals surface area contributed by atoms with Crippen LogP contribution in [-0.2, 0) is 5.41 Å². The zero-order chi connectivity index (χ0) is 30.4. The van der Waals surface area contributed by atoms with Gasteiger partial charge in [0.1, 0.15) is 10.7 Å². The Morgan fingerprint density at radius 2 is 1.57 bits per heavy atom. The number of carbonyl (C=O) groups is 1. The van der Waals surface area contributed by atoms with E-state index in [-0.39, 0.29) is 11.3 Å². The van der Waals surface area contributed by atoms with Crippen molar-refractivity contribution in [2.75, 3.05) is 5.32 Å². The predicted octanol–water partition coefficient (Wildman–Crippen LogP) is 10.1. The molecule has 44 heavy (non-hydrogen) atoms. The van der Waals surface area contributed by atoms with Crippen molar-refractivity contribution in [3.05, 3.63) is 133 Å². The Morgan fingerprint density at radius 1 is 0.864 bits per heavy atom. The number of aromatic nitrogens is 4. The molecular formula is C33H21BrCl3N5OS. The van der Waals surface area contributed by atoms with Crippen molar-refractivity contribution in [3.8, 4) is 27.6 Å². The van der Waals surface area contributed by atoms with Gasteiger partial charge >= 0.3 is 0 Å². The summed E-state index contributed by atoms with van der Waals surface area (Å²) in [6.07, 6.45) is 1.90. The number of benzene rings is 4. The molecule has 6 aromatic rings. The molecule has 0 atom stereocenters. The second kappa shape index (κ2) is 11.8. The number of carbonyl (C=O) groups excluding carboxylic acids is 1. The fraction of sp³-hybridized carbons (Fsp3) is 0.0909. The molecule has 1 N–H and O–H groups in total. The van der Waals surface area contributed by atoms with Crippen molar-refractivity contribution < 1.29 is 4.79 Å². The van der Waals surface area contributed by atoms with Crippen molar-refractivity contribution in [2.45, 2.75) is 18.3 Å². The molecule has 1 aliphatic carbocycles. The molecule has 2 aromatic heterocycles. The van der Waals surface area contributed by atoms with E-state index < -0.39 is 0 Å². The largest absolute Gasteiger partial charge is 0.322 e. The molecule has 1 amide bonds. The molecule has 1 fully saturated rings. The molecule has 0 aliphatic heterocycles. The third-order valence-electron chi connectivity index (χ3n) is 7.58.